The first-order valence-corrected chi connectivity index (χ1v) is 8.31. The molecule has 0 N–H and O–H groups in total. The van der Waals surface area contributed by atoms with Crippen LogP contribution in [0, 0.1) is 17.3 Å². The Balaban J connectivity index is 4.15. The number of carbonyl (C=O) groups is 2. The fourth-order valence-electron chi connectivity index (χ4n) is 3.40. The predicted octanol–water partition coefficient (Wildman–Crippen LogP) is 3.46. The van der Waals surface area contributed by atoms with Crippen LogP contribution in [0.15, 0.2) is 16.3 Å². The smallest absolute Gasteiger partial charge is 0.433 e. The van der Waals surface area contributed by atoms with E-state index >= 15 is 0 Å². The summed E-state index contributed by atoms with van der Waals surface area (Å²) in [6, 6.07) is 0. The van der Waals surface area contributed by atoms with Crippen LogP contribution in [0.4, 0.5) is 26.3 Å². The van der Waals surface area contributed by atoms with Gasteiger partial charge in [0.15, 0.2) is 5.70 Å². The fraction of sp³-hybridized carbons (Fsp3) is 0.706. The minimum Gasteiger partial charge on any atom is -0.468 e. The first-order chi connectivity index (χ1) is 13.2. The van der Waals surface area contributed by atoms with Gasteiger partial charge in [-0.2, -0.15) is 26.3 Å². The summed E-state index contributed by atoms with van der Waals surface area (Å²) in [5.41, 5.74) is -8.10. The van der Waals surface area contributed by atoms with E-state index in [1.54, 1.807) is 0 Å². The maximum Gasteiger partial charge on any atom is 0.433 e. The Kier molecular flexibility index (Phi) is 7.49. The third-order valence-corrected chi connectivity index (χ3v) is 4.42. The van der Waals surface area contributed by atoms with Crippen molar-refractivity contribution in [3.8, 4) is 0 Å². The normalized spacial score (nSPS) is 23.2. The molecule has 0 fully saturated rings. The molecular formula is C17H21F6NO5. The number of allylic oxidation sites excluding steroid dienone is 1. The molecule has 0 bridgehead atoms. The number of aliphatic imine (C=N–C) groups is 1. The fourth-order valence-corrected chi connectivity index (χ4v) is 3.40. The van der Waals surface area contributed by atoms with Crippen molar-refractivity contribution in [1.82, 2.24) is 0 Å². The van der Waals surface area contributed by atoms with Crippen molar-refractivity contribution in [1.29, 1.82) is 0 Å². The van der Waals surface area contributed by atoms with Gasteiger partial charge in [0, 0.05) is 13.0 Å². The summed E-state index contributed by atoms with van der Waals surface area (Å²) in [6.45, 7) is 2.01. The molecule has 2 atom stereocenters. The molecule has 12 heteroatoms. The van der Waals surface area contributed by atoms with Crippen LogP contribution in [0.5, 0.6) is 0 Å². The number of rotatable bonds is 6. The molecule has 0 aromatic carbocycles. The van der Waals surface area contributed by atoms with Gasteiger partial charge < -0.3 is 14.2 Å². The molecule has 0 radical (unpaired) electrons. The van der Waals surface area contributed by atoms with Crippen LogP contribution in [0.2, 0.25) is 0 Å². The number of esters is 2. The molecule has 1 rings (SSSR count). The van der Waals surface area contributed by atoms with E-state index < -0.39 is 71.6 Å². The van der Waals surface area contributed by atoms with Gasteiger partial charge in [-0.1, -0.05) is 13.8 Å². The first-order valence-electron chi connectivity index (χ1n) is 8.31. The lowest BCUT2D eigenvalue weighted by molar-refractivity contribution is -0.159. The minimum absolute atomic E-state index is 0.405. The third-order valence-electron chi connectivity index (χ3n) is 4.42. The van der Waals surface area contributed by atoms with Crippen LogP contribution in [-0.4, -0.2) is 57.9 Å². The zero-order valence-corrected chi connectivity index (χ0v) is 16.3. The molecule has 0 spiro atoms. The number of nitrogens with zero attached hydrogens (tertiary/aromatic N) is 1. The summed E-state index contributed by atoms with van der Waals surface area (Å²) >= 11 is 0. The number of ether oxygens (including phenoxy) is 3. The van der Waals surface area contributed by atoms with E-state index in [4.69, 9.17) is 4.74 Å². The predicted molar refractivity (Wildman–Crippen MR) is 87.9 cm³/mol. The van der Waals surface area contributed by atoms with Crippen LogP contribution in [-0.2, 0) is 23.8 Å². The van der Waals surface area contributed by atoms with Gasteiger partial charge in [-0.25, -0.2) is 9.79 Å². The molecule has 0 aliphatic carbocycles. The van der Waals surface area contributed by atoms with Crippen molar-refractivity contribution in [3.05, 3.63) is 11.3 Å². The van der Waals surface area contributed by atoms with Gasteiger partial charge in [0.25, 0.3) is 0 Å². The van der Waals surface area contributed by atoms with Crippen molar-refractivity contribution in [3.63, 3.8) is 0 Å². The van der Waals surface area contributed by atoms with E-state index in [9.17, 15) is 35.9 Å². The lowest BCUT2D eigenvalue weighted by atomic mass is 9.63. The van der Waals surface area contributed by atoms with Gasteiger partial charge in [0.05, 0.1) is 26.4 Å². The number of alkyl halides is 6. The van der Waals surface area contributed by atoms with Crippen molar-refractivity contribution < 1.29 is 50.1 Å². The number of hydrogen-bond acceptors (Lipinski definition) is 6. The molecule has 2 unspecified atom stereocenters. The molecule has 1 aliphatic heterocycles. The molecular weight excluding hydrogens is 412 g/mol. The monoisotopic (exact) mass is 433 g/mol. The molecule has 1 aliphatic rings. The minimum atomic E-state index is -5.44. The second-order valence-corrected chi connectivity index (χ2v) is 6.79. The highest BCUT2D eigenvalue weighted by molar-refractivity contribution is 6.13. The maximum absolute atomic E-state index is 13.8. The molecule has 0 saturated carbocycles. The zero-order chi connectivity index (χ0) is 22.8. The van der Waals surface area contributed by atoms with Crippen molar-refractivity contribution in [2.45, 2.75) is 32.6 Å². The molecule has 0 aromatic rings. The Hall–Kier alpha value is -2.11. The quantitative estimate of drug-likeness (QED) is 0.474. The second-order valence-electron chi connectivity index (χ2n) is 6.79. The number of hydrogen-bond donors (Lipinski definition) is 0. The highest BCUT2D eigenvalue weighted by atomic mass is 19.4. The van der Waals surface area contributed by atoms with Crippen molar-refractivity contribution >= 4 is 17.7 Å². The van der Waals surface area contributed by atoms with E-state index in [-0.39, 0.29) is 0 Å². The van der Waals surface area contributed by atoms with Gasteiger partial charge >= 0.3 is 24.3 Å². The molecule has 29 heavy (non-hydrogen) atoms. The van der Waals surface area contributed by atoms with Crippen molar-refractivity contribution in [2.75, 3.05) is 27.9 Å². The van der Waals surface area contributed by atoms with Gasteiger partial charge in [0.2, 0.25) is 0 Å². The Bertz CT molecular complexity index is 710. The maximum atomic E-state index is 13.8. The lowest BCUT2D eigenvalue weighted by Gasteiger charge is -2.43. The lowest BCUT2D eigenvalue weighted by Crippen LogP contribution is -2.58. The third kappa shape index (κ3) is 4.73. The Morgan fingerprint density at radius 3 is 1.93 bits per heavy atom. The van der Waals surface area contributed by atoms with Crippen LogP contribution < -0.4 is 0 Å². The molecule has 1 heterocycles. The van der Waals surface area contributed by atoms with E-state index in [0.29, 0.717) is 0 Å². The molecule has 0 aromatic heterocycles. The zero-order valence-electron chi connectivity index (χ0n) is 16.3. The van der Waals surface area contributed by atoms with E-state index in [1.165, 1.54) is 13.8 Å². The van der Waals surface area contributed by atoms with E-state index in [1.807, 2.05) is 0 Å². The summed E-state index contributed by atoms with van der Waals surface area (Å²) in [7, 11) is 2.52. The highest BCUT2D eigenvalue weighted by Gasteiger charge is 2.65. The highest BCUT2D eigenvalue weighted by Crippen LogP contribution is 2.51. The second kappa shape index (κ2) is 8.72. The Morgan fingerprint density at radius 1 is 1.03 bits per heavy atom. The topological polar surface area (TPSA) is 74.2 Å². The number of methoxy groups -OCH3 is 3. The summed E-state index contributed by atoms with van der Waals surface area (Å²) in [5, 5.41) is 0. The van der Waals surface area contributed by atoms with E-state index in [0.717, 1.165) is 21.3 Å². The van der Waals surface area contributed by atoms with Crippen molar-refractivity contribution in [2.24, 2.45) is 22.2 Å². The number of carbonyl (C=O) groups excluding carboxylic acids is 2. The average Bonchev–Trinajstić information content (AvgIpc) is 2.58. The molecule has 0 saturated heterocycles. The molecule has 6 nitrogen and oxygen atoms in total. The van der Waals surface area contributed by atoms with Gasteiger partial charge in [-0.3, -0.25) is 4.79 Å². The standard InChI is InChI=1S/C17H21F6NO5/c1-8(2)6-9-10(12(25)28-4)11(16(18,19)20)24-13(17(21,22)23)15(9,7-27-3)14(26)29-5/h8-9H,6-7H2,1-5H3. The van der Waals surface area contributed by atoms with Crippen LogP contribution >= 0.6 is 0 Å². The van der Waals surface area contributed by atoms with E-state index in [2.05, 4.69) is 14.5 Å². The summed E-state index contributed by atoms with van der Waals surface area (Å²) in [4.78, 5) is 27.6. The Morgan fingerprint density at radius 2 is 1.59 bits per heavy atom. The van der Waals surface area contributed by atoms with Gasteiger partial charge in [-0.15, -0.1) is 0 Å². The average molecular weight is 433 g/mol. The Labute approximate surface area is 162 Å². The summed E-state index contributed by atoms with van der Waals surface area (Å²) in [6.07, 6.45) is -11.3. The van der Waals surface area contributed by atoms with Crippen LogP contribution in [0.1, 0.15) is 20.3 Å². The summed E-state index contributed by atoms with van der Waals surface area (Å²) in [5.74, 6) is -5.49. The first kappa shape index (κ1) is 24.9. The molecule has 166 valence electrons. The van der Waals surface area contributed by atoms with Gasteiger partial charge in [0.1, 0.15) is 11.1 Å². The SMILES string of the molecule is COCC1(C(=O)OC)C(C(F)(F)F)=NC(C(F)(F)F)=C(C(=O)OC)C1CC(C)C. The summed E-state index contributed by atoms with van der Waals surface area (Å²) < 4.78 is 96.0. The van der Waals surface area contributed by atoms with Gasteiger partial charge in [-0.05, 0) is 12.3 Å². The molecule has 0 amide bonds. The van der Waals surface area contributed by atoms with Crippen LogP contribution in [0.3, 0.4) is 0 Å². The largest absolute Gasteiger partial charge is 0.468 e. The number of halogens is 6. The van der Waals surface area contributed by atoms with Crippen LogP contribution in [0.25, 0.3) is 0 Å².